The number of nitrogens with zero attached hydrogens (tertiary/aromatic N) is 2. The molecule has 0 saturated carbocycles. The third kappa shape index (κ3) is 2.71. The molecule has 1 aromatic heterocycles. The monoisotopic (exact) mass is 245 g/mol. The van der Waals surface area contributed by atoms with E-state index >= 15 is 0 Å². The molecule has 0 aliphatic rings. The Hall–Kier alpha value is -1.81. The summed E-state index contributed by atoms with van der Waals surface area (Å²) in [6.07, 6.45) is 3.67. The Bertz CT molecular complexity index is 532. The van der Waals surface area contributed by atoms with Gasteiger partial charge in [-0.3, -0.25) is 0 Å². The average Bonchev–Trinajstić information content (AvgIpc) is 2.72. The molecule has 1 aromatic carbocycles. The smallest absolute Gasteiger partial charge is 0.146 e. The van der Waals surface area contributed by atoms with Gasteiger partial charge in [-0.25, -0.2) is 4.98 Å². The van der Waals surface area contributed by atoms with Gasteiger partial charge in [0.05, 0.1) is 0 Å². The van der Waals surface area contributed by atoms with Crippen molar-refractivity contribution in [2.75, 3.05) is 0 Å². The summed E-state index contributed by atoms with van der Waals surface area (Å²) in [5.41, 5.74) is 8.13. The number of aryl methyl sites for hydroxylation is 2. The minimum absolute atomic E-state index is 0.0398. The molecular formula is C14H19N3O. The van der Waals surface area contributed by atoms with Gasteiger partial charge < -0.3 is 15.0 Å². The van der Waals surface area contributed by atoms with Crippen molar-refractivity contribution < 1.29 is 4.74 Å². The Balaban J connectivity index is 2.18. The number of hydrogen-bond acceptors (Lipinski definition) is 3. The Morgan fingerprint density at radius 1 is 1.44 bits per heavy atom. The highest BCUT2D eigenvalue weighted by Gasteiger charge is 2.09. The number of benzene rings is 1. The van der Waals surface area contributed by atoms with E-state index in [9.17, 15) is 0 Å². The van der Waals surface area contributed by atoms with Crippen molar-refractivity contribution >= 4 is 0 Å². The fourth-order valence-electron chi connectivity index (χ4n) is 1.82. The highest BCUT2D eigenvalue weighted by atomic mass is 16.5. The van der Waals surface area contributed by atoms with Crippen molar-refractivity contribution in [3.63, 3.8) is 0 Å². The zero-order chi connectivity index (χ0) is 13.1. The van der Waals surface area contributed by atoms with E-state index in [1.54, 1.807) is 6.20 Å². The maximum Gasteiger partial charge on any atom is 0.146 e. The topological polar surface area (TPSA) is 53.1 Å². The predicted octanol–water partition coefficient (Wildman–Crippen LogP) is 2.33. The summed E-state index contributed by atoms with van der Waals surface area (Å²) in [5.74, 6) is 1.74. The largest absolute Gasteiger partial charge is 0.485 e. The third-order valence-electron chi connectivity index (χ3n) is 2.94. The maximum atomic E-state index is 5.94. The average molecular weight is 245 g/mol. The van der Waals surface area contributed by atoms with Crippen molar-refractivity contribution in [2.45, 2.75) is 26.5 Å². The second-order valence-corrected chi connectivity index (χ2v) is 4.57. The van der Waals surface area contributed by atoms with Gasteiger partial charge in [0.2, 0.25) is 0 Å². The third-order valence-corrected chi connectivity index (χ3v) is 2.94. The van der Waals surface area contributed by atoms with Gasteiger partial charge in [-0.2, -0.15) is 0 Å². The molecule has 0 fully saturated rings. The van der Waals surface area contributed by atoms with E-state index in [0.29, 0.717) is 6.61 Å². The highest BCUT2D eigenvalue weighted by molar-refractivity contribution is 5.38. The van der Waals surface area contributed by atoms with Gasteiger partial charge in [-0.15, -0.1) is 0 Å². The van der Waals surface area contributed by atoms with Crippen molar-refractivity contribution in [1.29, 1.82) is 0 Å². The summed E-state index contributed by atoms with van der Waals surface area (Å²) in [7, 11) is 1.95. The molecule has 2 N–H and O–H groups in total. The molecule has 0 amide bonds. The minimum atomic E-state index is -0.0398. The fourth-order valence-corrected chi connectivity index (χ4v) is 1.82. The van der Waals surface area contributed by atoms with Crippen LogP contribution in [0.5, 0.6) is 5.75 Å². The van der Waals surface area contributed by atoms with Crippen LogP contribution in [-0.4, -0.2) is 9.55 Å². The highest BCUT2D eigenvalue weighted by Crippen LogP contribution is 2.25. The second kappa shape index (κ2) is 5.23. The molecule has 0 aliphatic carbocycles. The Labute approximate surface area is 107 Å². The van der Waals surface area contributed by atoms with Crippen LogP contribution in [0, 0.1) is 6.92 Å². The first-order chi connectivity index (χ1) is 8.58. The van der Waals surface area contributed by atoms with Gasteiger partial charge in [-0.1, -0.05) is 12.1 Å². The normalized spacial score (nSPS) is 12.4. The number of hydrogen-bond donors (Lipinski definition) is 1. The van der Waals surface area contributed by atoms with Gasteiger partial charge in [-0.05, 0) is 25.5 Å². The number of imidazole rings is 1. The van der Waals surface area contributed by atoms with E-state index in [1.165, 1.54) is 0 Å². The van der Waals surface area contributed by atoms with Gasteiger partial charge in [0.25, 0.3) is 0 Å². The lowest BCUT2D eigenvalue weighted by molar-refractivity contribution is 0.287. The molecule has 0 radical (unpaired) electrons. The molecule has 1 unspecified atom stereocenters. The quantitative estimate of drug-likeness (QED) is 0.899. The van der Waals surface area contributed by atoms with Gasteiger partial charge in [0.1, 0.15) is 18.2 Å². The molecule has 0 spiro atoms. The van der Waals surface area contributed by atoms with Crippen LogP contribution in [0.2, 0.25) is 0 Å². The van der Waals surface area contributed by atoms with Crippen LogP contribution in [0.15, 0.2) is 30.6 Å². The van der Waals surface area contributed by atoms with Gasteiger partial charge in [0, 0.05) is 31.0 Å². The Morgan fingerprint density at radius 3 is 2.83 bits per heavy atom. The maximum absolute atomic E-state index is 5.94. The Morgan fingerprint density at radius 2 is 2.22 bits per heavy atom. The van der Waals surface area contributed by atoms with Crippen molar-refractivity contribution in [3.8, 4) is 5.75 Å². The van der Waals surface area contributed by atoms with E-state index in [0.717, 1.165) is 22.7 Å². The van der Waals surface area contributed by atoms with E-state index in [1.807, 2.05) is 49.9 Å². The second-order valence-electron chi connectivity index (χ2n) is 4.57. The van der Waals surface area contributed by atoms with Crippen molar-refractivity contribution in [3.05, 3.63) is 47.5 Å². The van der Waals surface area contributed by atoms with Crippen LogP contribution in [0.1, 0.15) is 29.9 Å². The molecule has 2 aromatic rings. The lowest BCUT2D eigenvalue weighted by Gasteiger charge is -2.14. The molecule has 96 valence electrons. The first-order valence-electron chi connectivity index (χ1n) is 6.03. The molecule has 1 heterocycles. The number of nitrogens with two attached hydrogens (primary N) is 1. The van der Waals surface area contributed by atoms with Crippen LogP contribution in [0.4, 0.5) is 0 Å². The lowest BCUT2D eigenvalue weighted by atomic mass is 10.1. The first kappa shape index (κ1) is 12.6. The standard InChI is InChI=1S/C14H19N3O/c1-10-4-5-12(11(2)15)13(8-10)18-9-14-16-6-7-17(14)3/h4-8,11H,9,15H2,1-3H3. The summed E-state index contributed by atoms with van der Waals surface area (Å²) >= 11 is 0. The number of ether oxygens (including phenoxy) is 1. The zero-order valence-electron chi connectivity index (χ0n) is 11.1. The molecule has 1 atom stereocenters. The summed E-state index contributed by atoms with van der Waals surface area (Å²) in [6.45, 7) is 4.45. The molecule has 2 rings (SSSR count). The summed E-state index contributed by atoms with van der Waals surface area (Å²) in [4.78, 5) is 4.23. The Kier molecular flexibility index (Phi) is 3.67. The summed E-state index contributed by atoms with van der Waals surface area (Å²) in [5, 5.41) is 0. The van der Waals surface area contributed by atoms with E-state index in [-0.39, 0.29) is 6.04 Å². The molecule has 4 heteroatoms. The number of aromatic nitrogens is 2. The van der Waals surface area contributed by atoms with Gasteiger partial charge in [0.15, 0.2) is 0 Å². The molecule has 0 bridgehead atoms. The molecular weight excluding hydrogens is 226 g/mol. The molecule has 18 heavy (non-hydrogen) atoms. The fraction of sp³-hybridized carbons (Fsp3) is 0.357. The van der Waals surface area contributed by atoms with Crippen LogP contribution in [0.25, 0.3) is 0 Å². The van der Waals surface area contributed by atoms with Crippen LogP contribution < -0.4 is 10.5 Å². The van der Waals surface area contributed by atoms with E-state index in [4.69, 9.17) is 10.5 Å². The lowest BCUT2D eigenvalue weighted by Crippen LogP contribution is -2.09. The zero-order valence-corrected chi connectivity index (χ0v) is 11.1. The minimum Gasteiger partial charge on any atom is -0.485 e. The van der Waals surface area contributed by atoms with Crippen molar-refractivity contribution in [2.24, 2.45) is 12.8 Å². The molecule has 0 aliphatic heterocycles. The predicted molar refractivity (Wildman–Crippen MR) is 71.3 cm³/mol. The van der Waals surface area contributed by atoms with Crippen LogP contribution in [-0.2, 0) is 13.7 Å². The van der Waals surface area contributed by atoms with E-state index in [2.05, 4.69) is 4.98 Å². The van der Waals surface area contributed by atoms with Crippen LogP contribution >= 0.6 is 0 Å². The SMILES string of the molecule is Cc1ccc(C(C)N)c(OCc2nccn2C)c1. The molecule has 4 nitrogen and oxygen atoms in total. The van der Waals surface area contributed by atoms with Crippen LogP contribution in [0.3, 0.4) is 0 Å². The van der Waals surface area contributed by atoms with Gasteiger partial charge >= 0.3 is 0 Å². The molecule has 0 saturated heterocycles. The van der Waals surface area contributed by atoms with Crippen molar-refractivity contribution in [1.82, 2.24) is 9.55 Å². The summed E-state index contributed by atoms with van der Waals surface area (Å²) in [6, 6.07) is 6.05. The van der Waals surface area contributed by atoms with E-state index < -0.39 is 0 Å². The first-order valence-corrected chi connectivity index (χ1v) is 6.03. The number of rotatable bonds is 4. The summed E-state index contributed by atoms with van der Waals surface area (Å²) < 4.78 is 7.79.